The molecular formula is C22H27ClN2O2. The maximum atomic E-state index is 12.3. The summed E-state index contributed by atoms with van der Waals surface area (Å²) in [5.74, 6) is 0.178. The van der Waals surface area contributed by atoms with Gasteiger partial charge in [0.25, 0.3) is 0 Å². The quantitative estimate of drug-likeness (QED) is 0.644. The van der Waals surface area contributed by atoms with E-state index in [4.69, 9.17) is 16.3 Å². The van der Waals surface area contributed by atoms with Crippen molar-refractivity contribution in [1.29, 1.82) is 0 Å². The van der Waals surface area contributed by atoms with Crippen LogP contribution in [0.3, 0.4) is 0 Å². The van der Waals surface area contributed by atoms with Gasteiger partial charge in [0.2, 0.25) is 0 Å². The molecule has 0 saturated carbocycles. The van der Waals surface area contributed by atoms with E-state index in [0.29, 0.717) is 11.4 Å². The van der Waals surface area contributed by atoms with Crippen molar-refractivity contribution in [2.24, 2.45) is 0 Å². The van der Waals surface area contributed by atoms with E-state index in [1.54, 1.807) is 31.4 Å². The third kappa shape index (κ3) is 5.88. The van der Waals surface area contributed by atoms with E-state index in [0.717, 1.165) is 44.8 Å². The molecule has 0 N–H and O–H groups in total. The van der Waals surface area contributed by atoms with E-state index >= 15 is 0 Å². The Balaban J connectivity index is 1.42. The molecule has 2 aromatic carbocycles. The van der Waals surface area contributed by atoms with Crippen molar-refractivity contribution in [3.05, 3.63) is 70.7 Å². The molecule has 0 amide bonds. The topological polar surface area (TPSA) is 32.8 Å². The van der Waals surface area contributed by atoms with Crippen molar-refractivity contribution in [2.45, 2.75) is 12.5 Å². The molecule has 1 unspecified atom stereocenters. The summed E-state index contributed by atoms with van der Waals surface area (Å²) < 4.78 is 5.69. The van der Waals surface area contributed by atoms with Crippen LogP contribution in [0.25, 0.3) is 0 Å². The Morgan fingerprint density at radius 3 is 2.26 bits per heavy atom. The van der Waals surface area contributed by atoms with E-state index in [9.17, 15) is 4.79 Å². The molecule has 1 atom stereocenters. The van der Waals surface area contributed by atoms with Gasteiger partial charge in [-0.05, 0) is 29.8 Å². The number of halogens is 1. The average Bonchev–Trinajstić information content (AvgIpc) is 2.72. The lowest BCUT2D eigenvalue weighted by Crippen LogP contribution is -2.48. The van der Waals surface area contributed by atoms with Crippen molar-refractivity contribution in [3.63, 3.8) is 0 Å². The SMILES string of the molecule is COC(CN1CCN(CCC(=O)c2ccc(Cl)cc2)CC1)c1ccccc1. The molecular weight excluding hydrogens is 360 g/mol. The molecule has 1 saturated heterocycles. The molecule has 1 heterocycles. The van der Waals surface area contributed by atoms with E-state index in [1.165, 1.54) is 5.56 Å². The number of rotatable bonds is 8. The van der Waals surface area contributed by atoms with Crippen LogP contribution in [-0.4, -0.2) is 62.0 Å². The van der Waals surface area contributed by atoms with Crippen LogP contribution in [0.2, 0.25) is 5.02 Å². The fraction of sp³-hybridized carbons (Fsp3) is 0.409. The number of piperazine rings is 1. The maximum absolute atomic E-state index is 12.3. The van der Waals surface area contributed by atoms with E-state index in [1.807, 2.05) is 6.07 Å². The van der Waals surface area contributed by atoms with Crippen LogP contribution in [0.15, 0.2) is 54.6 Å². The fourth-order valence-corrected chi connectivity index (χ4v) is 3.58. The molecule has 5 heteroatoms. The molecule has 1 aliphatic rings. The van der Waals surface area contributed by atoms with E-state index in [2.05, 4.69) is 34.1 Å². The molecule has 1 aliphatic heterocycles. The Bertz CT molecular complexity index is 713. The summed E-state index contributed by atoms with van der Waals surface area (Å²) in [6, 6.07) is 17.5. The lowest BCUT2D eigenvalue weighted by atomic mass is 10.1. The normalized spacial score (nSPS) is 17.0. The van der Waals surface area contributed by atoms with Crippen molar-refractivity contribution in [2.75, 3.05) is 46.4 Å². The Morgan fingerprint density at radius 2 is 1.63 bits per heavy atom. The van der Waals surface area contributed by atoms with Crippen LogP contribution in [-0.2, 0) is 4.74 Å². The van der Waals surface area contributed by atoms with Crippen molar-refractivity contribution < 1.29 is 9.53 Å². The molecule has 27 heavy (non-hydrogen) atoms. The minimum atomic E-state index is 0.101. The summed E-state index contributed by atoms with van der Waals surface area (Å²) in [6.07, 6.45) is 0.649. The summed E-state index contributed by atoms with van der Waals surface area (Å²) in [5, 5.41) is 0.660. The van der Waals surface area contributed by atoms with Gasteiger partial charge in [0.05, 0.1) is 6.10 Å². The van der Waals surface area contributed by atoms with Gasteiger partial charge < -0.3 is 9.64 Å². The number of hydrogen-bond acceptors (Lipinski definition) is 4. The average molecular weight is 387 g/mol. The molecule has 2 aromatic rings. The molecule has 3 rings (SSSR count). The number of carbonyl (C=O) groups excluding carboxylic acids is 1. The summed E-state index contributed by atoms with van der Waals surface area (Å²) in [7, 11) is 1.77. The second-order valence-electron chi connectivity index (χ2n) is 6.96. The number of ketones is 1. The van der Waals surface area contributed by atoms with E-state index in [-0.39, 0.29) is 11.9 Å². The zero-order chi connectivity index (χ0) is 19.1. The largest absolute Gasteiger partial charge is 0.375 e. The van der Waals surface area contributed by atoms with Crippen LogP contribution < -0.4 is 0 Å². The number of ether oxygens (including phenoxy) is 1. The van der Waals surface area contributed by atoms with Crippen LogP contribution in [0.1, 0.15) is 28.4 Å². The predicted octanol–water partition coefficient (Wildman–Crippen LogP) is 3.92. The van der Waals surface area contributed by atoms with Gasteiger partial charge >= 0.3 is 0 Å². The van der Waals surface area contributed by atoms with Gasteiger partial charge in [-0.1, -0.05) is 41.9 Å². The monoisotopic (exact) mass is 386 g/mol. The summed E-state index contributed by atoms with van der Waals surface area (Å²) in [4.78, 5) is 17.1. The minimum absolute atomic E-state index is 0.101. The lowest BCUT2D eigenvalue weighted by molar-refractivity contribution is 0.0416. The second kappa shape index (κ2) is 10.00. The number of benzene rings is 2. The number of carbonyl (C=O) groups is 1. The van der Waals surface area contributed by atoms with Crippen LogP contribution in [0.4, 0.5) is 0 Å². The highest BCUT2D eigenvalue weighted by atomic mass is 35.5. The third-order valence-electron chi connectivity index (χ3n) is 5.17. The van der Waals surface area contributed by atoms with Crippen molar-refractivity contribution in [1.82, 2.24) is 9.80 Å². The predicted molar refractivity (Wildman–Crippen MR) is 109 cm³/mol. The number of methoxy groups -OCH3 is 1. The van der Waals surface area contributed by atoms with Crippen molar-refractivity contribution >= 4 is 17.4 Å². The zero-order valence-corrected chi connectivity index (χ0v) is 16.6. The Hall–Kier alpha value is -1.72. The van der Waals surface area contributed by atoms with Gasteiger partial charge in [-0.3, -0.25) is 9.69 Å². The summed E-state index contributed by atoms with van der Waals surface area (Å²) in [6.45, 7) is 5.68. The molecule has 4 nitrogen and oxygen atoms in total. The standard InChI is InChI=1S/C22H27ClN2O2/c1-27-22(19-5-3-2-4-6-19)17-25-15-13-24(14-16-25)12-11-21(26)18-7-9-20(23)10-8-18/h2-10,22H,11-17H2,1H3. The first-order chi connectivity index (χ1) is 13.2. The Kier molecular flexibility index (Phi) is 7.41. The van der Waals surface area contributed by atoms with Crippen LogP contribution in [0.5, 0.6) is 0 Å². The van der Waals surface area contributed by atoms with Crippen LogP contribution >= 0.6 is 11.6 Å². The first-order valence-electron chi connectivity index (χ1n) is 9.47. The van der Waals surface area contributed by atoms with Crippen LogP contribution in [0, 0.1) is 0 Å². The molecule has 0 bridgehead atoms. The van der Waals surface area contributed by atoms with Gasteiger partial charge in [0.15, 0.2) is 5.78 Å². The first-order valence-corrected chi connectivity index (χ1v) is 9.84. The molecule has 0 radical (unpaired) electrons. The first kappa shape index (κ1) is 20.0. The fourth-order valence-electron chi connectivity index (χ4n) is 3.45. The smallest absolute Gasteiger partial charge is 0.164 e. The van der Waals surface area contributed by atoms with Gasteiger partial charge in [0.1, 0.15) is 0 Å². The Labute approximate surface area is 166 Å². The highest BCUT2D eigenvalue weighted by molar-refractivity contribution is 6.30. The third-order valence-corrected chi connectivity index (χ3v) is 5.42. The van der Waals surface area contributed by atoms with Gasteiger partial charge in [-0.25, -0.2) is 0 Å². The van der Waals surface area contributed by atoms with Gasteiger partial charge in [-0.15, -0.1) is 0 Å². The van der Waals surface area contributed by atoms with Crippen molar-refractivity contribution in [3.8, 4) is 0 Å². The number of Topliss-reactive ketones (excluding diaryl/α,β-unsaturated/α-hetero) is 1. The van der Waals surface area contributed by atoms with Gasteiger partial charge in [0, 0.05) is 63.4 Å². The summed E-state index contributed by atoms with van der Waals surface area (Å²) >= 11 is 5.88. The minimum Gasteiger partial charge on any atom is -0.375 e. The highest BCUT2D eigenvalue weighted by Crippen LogP contribution is 2.19. The number of hydrogen-bond donors (Lipinski definition) is 0. The lowest BCUT2D eigenvalue weighted by Gasteiger charge is -2.36. The number of nitrogens with zero attached hydrogens (tertiary/aromatic N) is 2. The van der Waals surface area contributed by atoms with Gasteiger partial charge in [-0.2, -0.15) is 0 Å². The molecule has 0 aromatic heterocycles. The molecule has 0 spiro atoms. The summed E-state index contributed by atoms with van der Waals surface area (Å²) in [5.41, 5.74) is 1.96. The highest BCUT2D eigenvalue weighted by Gasteiger charge is 2.21. The Morgan fingerprint density at radius 1 is 1.00 bits per heavy atom. The maximum Gasteiger partial charge on any atom is 0.164 e. The molecule has 1 fully saturated rings. The van der Waals surface area contributed by atoms with E-state index < -0.39 is 0 Å². The molecule has 0 aliphatic carbocycles. The molecule has 144 valence electrons. The zero-order valence-electron chi connectivity index (χ0n) is 15.8. The second-order valence-corrected chi connectivity index (χ2v) is 7.39.